The lowest BCUT2D eigenvalue weighted by molar-refractivity contribution is -0.878. The molecule has 3 aromatic carbocycles. The highest BCUT2D eigenvalue weighted by Gasteiger charge is 2.55. The number of nitrogens with zero attached hydrogens (tertiary/aromatic N) is 6. The Labute approximate surface area is 314 Å². The maximum atomic E-state index is 14.6. The average molecular weight is 728 g/mol. The fraction of sp³-hybridized carbons (Fsp3) is 0.317. The zero-order valence-electron chi connectivity index (χ0n) is 31.0. The Bertz CT molecular complexity index is 2200. The number of carboxylic acid groups (broad SMARTS) is 1. The van der Waals surface area contributed by atoms with Crippen molar-refractivity contribution in [1.82, 2.24) is 14.9 Å². The fourth-order valence-electron chi connectivity index (χ4n) is 7.84. The number of carbonyl (C=O) groups is 3. The molecule has 2 atom stereocenters. The Morgan fingerprint density at radius 2 is 1.69 bits per heavy atom. The number of aryl methyl sites for hydroxylation is 1. The summed E-state index contributed by atoms with van der Waals surface area (Å²) in [5, 5.41) is 27.7. The van der Waals surface area contributed by atoms with Gasteiger partial charge in [-0.2, -0.15) is 10.1 Å². The largest absolute Gasteiger partial charge is 0.514 e. The number of para-hydroxylation sites is 2. The summed E-state index contributed by atoms with van der Waals surface area (Å²) in [4.78, 5) is 54.1. The van der Waals surface area contributed by atoms with Crippen LogP contribution in [0.3, 0.4) is 0 Å². The molecule has 3 N–H and O–H groups in total. The van der Waals surface area contributed by atoms with E-state index in [0.717, 1.165) is 33.6 Å². The van der Waals surface area contributed by atoms with Crippen LogP contribution in [0.15, 0.2) is 84.8 Å². The minimum Gasteiger partial charge on any atom is -0.444 e. The number of quaternary nitrogens is 1. The van der Waals surface area contributed by atoms with Crippen molar-refractivity contribution in [3.8, 4) is 17.2 Å². The predicted octanol–water partition coefficient (Wildman–Crippen LogP) is 6.79. The van der Waals surface area contributed by atoms with Gasteiger partial charge in [-0.05, 0) is 74.6 Å². The molecule has 2 unspecified atom stereocenters. The number of nitriles is 1. The van der Waals surface area contributed by atoms with Gasteiger partial charge in [0.05, 0.1) is 36.1 Å². The Hall–Kier alpha value is -6.26. The van der Waals surface area contributed by atoms with Crippen LogP contribution >= 0.6 is 0 Å². The number of nitrogens with one attached hydrogen (secondary N) is 2. The van der Waals surface area contributed by atoms with E-state index in [2.05, 4.69) is 26.7 Å². The molecule has 276 valence electrons. The summed E-state index contributed by atoms with van der Waals surface area (Å²) in [7, 11) is 0. The van der Waals surface area contributed by atoms with Crippen LogP contribution < -0.4 is 15.5 Å². The number of ether oxygens (including phenoxy) is 1. The van der Waals surface area contributed by atoms with Gasteiger partial charge in [-0.25, -0.2) is 19.2 Å². The van der Waals surface area contributed by atoms with E-state index in [1.807, 2.05) is 84.6 Å². The summed E-state index contributed by atoms with van der Waals surface area (Å²) in [5.74, 6) is -0.539. The van der Waals surface area contributed by atoms with Gasteiger partial charge in [0.15, 0.2) is 6.04 Å². The molecule has 3 amide bonds. The van der Waals surface area contributed by atoms with Crippen LogP contribution in [-0.4, -0.2) is 86.9 Å². The third-order valence-electron chi connectivity index (χ3n) is 10.4. The number of rotatable bonds is 6. The Morgan fingerprint density at radius 3 is 2.31 bits per heavy atom. The number of fused-ring (bicyclic) bond motifs is 4. The monoisotopic (exact) mass is 727 g/mol. The maximum absolute atomic E-state index is 14.6. The first-order chi connectivity index (χ1) is 25.8. The molecular formula is C41H43N8O5+. The normalized spacial score (nSPS) is 19.9. The van der Waals surface area contributed by atoms with Gasteiger partial charge in [-0.1, -0.05) is 60.7 Å². The van der Waals surface area contributed by atoms with Crippen LogP contribution in [0.2, 0.25) is 0 Å². The molecule has 0 spiro atoms. The summed E-state index contributed by atoms with van der Waals surface area (Å²) >= 11 is 0. The Kier molecular flexibility index (Phi) is 9.33. The number of benzene rings is 3. The number of piperazine rings is 1. The number of hydrogen-bond acceptors (Lipinski definition) is 9. The molecule has 7 rings (SSSR count). The van der Waals surface area contributed by atoms with Crippen molar-refractivity contribution in [3.05, 3.63) is 107 Å². The van der Waals surface area contributed by atoms with Gasteiger partial charge in [0.1, 0.15) is 36.2 Å². The number of allylic oxidation sites excluding steroid dienone is 1. The maximum Gasteiger partial charge on any atom is 0.514 e. The van der Waals surface area contributed by atoms with Crippen LogP contribution in [-0.2, 0) is 9.53 Å². The van der Waals surface area contributed by atoms with Gasteiger partial charge in [0.2, 0.25) is 5.95 Å². The summed E-state index contributed by atoms with van der Waals surface area (Å²) in [5.41, 5.74) is 6.17. The second-order valence-electron chi connectivity index (χ2n) is 14.8. The standard InChI is InChI=1S/C41H42N8O5/c1-6-48-33-18-12-11-17-32(33)44-36(48)30(21-42)35-25(2)22-43-38(45-35)46-37(50)34-23-47(39(51)54-41(3,4)5)19-20-49(34,40(52)53)24-31-28-15-9-7-13-26(28)27-14-8-10-16-29(27)31/h7-18,22,31,34H,6,19-20,23-24H2,1-5H3,(H2-,43,44,45,46,50,52,53)/p+1. The molecule has 54 heavy (non-hydrogen) atoms. The number of aromatic nitrogens is 2. The SMILES string of the molecule is CCN1/C(=C(\C#N)c2nc(NC(=O)C3CN(C(=O)OC(C)(C)C)CC[N+]3(CC3c4ccccc4-c4ccccc43)C(=O)O)ncc2C)Nc2ccccc21. The number of carbonyl (C=O) groups excluding carboxylic acids is 2. The minimum absolute atomic E-state index is 0.0444. The van der Waals surface area contributed by atoms with Crippen LogP contribution in [0.1, 0.15) is 56.0 Å². The summed E-state index contributed by atoms with van der Waals surface area (Å²) in [6.45, 7) is 9.46. The second-order valence-corrected chi connectivity index (χ2v) is 14.8. The molecule has 1 fully saturated rings. The van der Waals surface area contributed by atoms with E-state index in [-0.39, 0.29) is 43.6 Å². The lowest BCUT2D eigenvalue weighted by atomic mass is 9.93. The third-order valence-corrected chi connectivity index (χ3v) is 10.4. The van der Waals surface area contributed by atoms with E-state index in [9.17, 15) is 24.8 Å². The van der Waals surface area contributed by atoms with Gasteiger partial charge in [-0.15, -0.1) is 0 Å². The average Bonchev–Trinajstić information content (AvgIpc) is 3.67. The van der Waals surface area contributed by atoms with Crippen molar-refractivity contribution >= 4 is 41.0 Å². The lowest BCUT2D eigenvalue weighted by Crippen LogP contribution is -2.72. The molecule has 4 aromatic rings. The molecule has 3 aliphatic rings. The highest BCUT2D eigenvalue weighted by atomic mass is 16.6. The molecule has 0 saturated carbocycles. The van der Waals surface area contributed by atoms with Gasteiger partial charge < -0.3 is 20.1 Å². The van der Waals surface area contributed by atoms with Crippen molar-refractivity contribution in [2.24, 2.45) is 0 Å². The van der Waals surface area contributed by atoms with Crippen LogP contribution in [0.5, 0.6) is 0 Å². The number of hydrogen-bond donors (Lipinski definition) is 3. The number of amides is 3. The summed E-state index contributed by atoms with van der Waals surface area (Å²) in [6, 6.07) is 24.6. The first-order valence-electron chi connectivity index (χ1n) is 18.0. The molecule has 3 heterocycles. The van der Waals surface area contributed by atoms with Gasteiger partial charge in [0, 0.05) is 12.7 Å². The second kappa shape index (κ2) is 13.9. The predicted molar refractivity (Wildman–Crippen MR) is 204 cm³/mol. The molecule has 2 aliphatic heterocycles. The summed E-state index contributed by atoms with van der Waals surface area (Å²) in [6.07, 6.45) is -0.299. The van der Waals surface area contributed by atoms with Crippen LogP contribution in [0.4, 0.5) is 26.9 Å². The van der Waals surface area contributed by atoms with Gasteiger partial charge in [0.25, 0.3) is 5.91 Å². The first kappa shape index (κ1) is 36.1. The molecule has 0 radical (unpaired) electrons. The molecule has 1 saturated heterocycles. The molecule has 1 aromatic heterocycles. The van der Waals surface area contributed by atoms with Crippen molar-refractivity contribution < 1.29 is 28.7 Å². The minimum atomic E-state index is -1.27. The zero-order valence-corrected chi connectivity index (χ0v) is 31.0. The smallest absolute Gasteiger partial charge is 0.444 e. The molecule has 13 heteroatoms. The number of anilines is 3. The van der Waals surface area contributed by atoms with E-state index in [4.69, 9.17) is 4.74 Å². The lowest BCUT2D eigenvalue weighted by Gasteiger charge is -2.46. The zero-order chi connectivity index (χ0) is 38.4. The van der Waals surface area contributed by atoms with Crippen LogP contribution in [0, 0.1) is 18.3 Å². The van der Waals surface area contributed by atoms with E-state index in [0.29, 0.717) is 23.6 Å². The van der Waals surface area contributed by atoms with E-state index in [1.54, 1.807) is 27.7 Å². The molecule has 13 nitrogen and oxygen atoms in total. The summed E-state index contributed by atoms with van der Waals surface area (Å²) < 4.78 is 5.03. The molecule has 0 bridgehead atoms. The Balaban J connectivity index is 1.26. The van der Waals surface area contributed by atoms with Gasteiger partial charge >= 0.3 is 12.2 Å². The fourth-order valence-corrected chi connectivity index (χ4v) is 7.84. The highest BCUT2D eigenvalue weighted by molar-refractivity contribution is 5.95. The third kappa shape index (κ3) is 6.39. The topological polar surface area (TPSA) is 161 Å². The van der Waals surface area contributed by atoms with E-state index < -0.39 is 34.2 Å². The van der Waals surface area contributed by atoms with Crippen molar-refractivity contribution in [3.63, 3.8) is 0 Å². The van der Waals surface area contributed by atoms with Crippen LogP contribution in [0.25, 0.3) is 16.7 Å². The molecule has 1 aliphatic carbocycles. The van der Waals surface area contributed by atoms with Crippen molar-refractivity contribution in [2.75, 3.05) is 48.3 Å². The van der Waals surface area contributed by atoms with E-state index >= 15 is 0 Å². The molecular weight excluding hydrogens is 685 g/mol. The van der Waals surface area contributed by atoms with E-state index in [1.165, 1.54) is 11.1 Å². The highest BCUT2D eigenvalue weighted by Crippen LogP contribution is 2.46. The first-order valence-corrected chi connectivity index (χ1v) is 18.0. The Morgan fingerprint density at radius 1 is 1.04 bits per heavy atom. The van der Waals surface area contributed by atoms with Gasteiger partial charge in [-0.3, -0.25) is 15.0 Å². The quantitative estimate of drug-likeness (QED) is 0.142. The van der Waals surface area contributed by atoms with Crippen molar-refractivity contribution in [2.45, 2.75) is 52.2 Å². The van der Waals surface area contributed by atoms with Crippen molar-refractivity contribution in [1.29, 1.82) is 5.26 Å².